The summed E-state index contributed by atoms with van der Waals surface area (Å²) in [7, 11) is 1.59. The Bertz CT molecular complexity index is 932. The lowest BCUT2D eigenvalue weighted by Crippen LogP contribution is -2.26. The molecule has 3 aromatic carbocycles. The third-order valence-corrected chi connectivity index (χ3v) is 5.23. The first kappa shape index (κ1) is 22.1. The molecule has 0 heterocycles. The molecule has 0 bridgehead atoms. The number of methoxy groups -OCH3 is 1. The van der Waals surface area contributed by atoms with Crippen LogP contribution in [-0.4, -0.2) is 13.2 Å². The zero-order valence-electron chi connectivity index (χ0n) is 17.3. The smallest absolute Gasteiger partial charge is 0.180 e. The molecule has 0 aliphatic heterocycles. The van der Waals surface area contributed by atoms with Crippen LogP contribution in [0.1, 0.15) is 30.0 Å². The van der Waals surface area contributed by atoms with Gasteiger partial charge >= 0.3 is 0 Å². The van der Waals surface area contributed by atoms with Crippen LogP contribution in [0, 0.1) is 5.82 Å². The van der Waals surface area contributed by atoms with Gasteiger partial charge < -0.3 is 14.8 Å². The molecule has 3 aromatic rings. The number of aryl methyl sites for hydroxylation is 1. The highest BCUT2D eigenvalue weighted by Gasteiger charge is 2.13. The Morgan fingerprint density at radius 2 is 1.70 bits per heavy atom. The van der Waals surface area contributed by atoms with Crippen LogP contribution in [0.25, 0.3) is 0 Å². The van der Waals surface area contributed by atoms with Crippen LogP contribution >= 0.6 is 11.6 Å². The fourth-order valence-corrected chi connectivity index (χ4v) is 3.46. The van der Waals surface area contributed by atoms with E-state index >= 15 is 0 Å². The van der Waals surface area contributed by atoms with Crippen molar-refractivity contribution in [2.75, 3.05) is 7.11 Å². The van der Waals surface area contributed by atoms with Gasteiger partial charge in [0.1, 0.15) is 12.4 Å². The van der Waals surface area contributed by atoms with Crippen molar-refractivity contribution >= 4 is 11.6 Å². The van der Waals surface area contributed by atoms with Crippen molar-refractivity contribution in [1.82, 2.24) is 5.32 Å². The number of ether oxygens (including phenoxy) is 2. The highest BCUT2D eigenvalue weighted by molar-refractivity contribution is 6.32. The van der Waals surface area contributed by atoms with E-state index < -0.39 is 0 Å². The average molecular weight is 428 g/mol. The van der Waals surface area contributed by atoms with E-state index in [1.807, 2.05) is 18.2 Å². The summed E-state index contributed by atoms with van der Waals surface area (Å²) in [4.78, 5) is 0. The monoisotopic (exact) mass is 427 g/mol. The van der Waals surface area contributed by atoms with Gasteiger partial charge in [-0.25, -0.2) is 4.39 Å². The molecule has 0 aromatic heterocycles. The first-order chi connectivity index (χ1) is 14.5. The molecule has 0 amide bonds. The molecule has 1 atom stereocenters. The van der Waals surface area contributed by atoms with Gasteiger partial charge in [-0.05, 0) is 60.7 Å². The van der Waals surface area contributed by atoms with E-state index in [0.717, 1.165) is 24.0 Å². The lowest BCUT2D eigenvalue weighted by molar-refractivity contribution is 0.284. The summed E-state index contributed by atoms with van der Waals surface area (Å²) >= 11 is 6.47. The van der Waals surface area contributed by atoms with Crippen molar-refractivity contribution in [1.29, 1.82) is 0 Å². The lowest BCUT2D eigenvalue weighted by Gasteiger charge is -2.17. The highest BCUT2D eigenvalue weighted by atomic mass is 35.5. The SMILES string of the molecule is COc1cc(CN[C@H](C)CCc2ccccc2)cc(Cl)c1OCc1ccc(F)cc1. The quantitative estimate of drug-likeness (QED) is 0.419. The Morgan fingerprint density at radius 1 is 0.967 bits per heavy atom. The molecule has 0 fully saturated rings. The standard InChI is InChI=1S/C25H27ClFNO2/c1-18(8-9-19-6-4-3-5-7-19)28-16-21-14-23(26)25(24(15-21)29-2)30-17-20-10-12-22(27)13-11-20/h3-7,10-15,18,28H,8-9,16-17H2,1-2H3/t18-/m1/s1. The minimum atomic E-state index is -0.274. The van der Waals surface area contributed by atoms with Gasteiger partial charge in [-0.2, -0.15) is 0 Å². The van der Waals surface area contributed by atoms with Crippen LogP contribution in [0.15, 0.2) is 66.7 Å². The van der Waals surface area contributed by atoms with Crippen LogP contribution in [-0.2, 0) is 19.6 Å². The second kappa shape index (κ2) is 11.0. The van der Waals surface area contributed by atoms with E-state index in [4.69, 9.17) is 21.1 Å². The summed E-state index contributed by atoms with van der Waals surface area (Å²) < 4.78 is 24.4. The van der Waals surface area contributed by atoms with Gasteiger partial charge in [0.25, 0.3) is 0 Å². The van der Waals surface area contributed by atoms with Gasteiger partial charge in [-0.15, -0.1) is 0 Å². The minimum absolute atomic E-state index is 0.274. The molecule has 1 N–H and O–H groups in total. The second-order valence-corrected chi connectivity index (χ2v) is 7.74. The van der Waals surface area contributed by atoms with Gasteiger partial charge in [0.05, 0.1) is 12.1 Å². The third-order valence-electron chi connectivity index (χ3n) is 4.95. The molecule has 0 saturated carbocycles. The molecule has 158 valence electrons. The third kappa shape index (κ3) is 6.48. The van der Waals surface area contributed by atoms with Crippen molar-refractivity contribution < 1.29 is 13.9 Å². The van der Waals surface area contributed by atoms with Crippen molar-refractivity contribution in [2.24, 2.45) is 0 Å². The second-order valence-electron chi connectivity index (χ2n) is 7.33. The summed E-state index contributed by atoms with van der Waals surface area (Å²) in [6.45, 7) is 3.15. The normalized spacial score (nSPS) is 11.9. The lowest BCUT2D eigenvalue weighted by atomic mass is 10.1. The fourth-order valence-electron chi connectivity index (χ4n) is 3.17. The maximum atomic E-state index is 13.1. The molecule has 0 unspecified atom stereocenters. The van der Waals surface area contributed by atoms with Crippen LogP contribution in [0.3, 0.4) is 0 Å². The molecule has 0 saturated heterocycles. The van der Waals surface area contributed by atoms with Gasteiger partial charge in [0, 0.05) is 12.6 Å². The van der Waals surface area contributed by atoms with Gasteiger partial charge in [-0.3, -0.25) is 0 Å². The van der Waals surface area contributed by atoms with Gasteiger partial charge in [0.2, 0.25) is 0 Å². The number of halogens is 2. The van der Waals surface area contributed by atoms with Crippen LogP contribution in [0.2, 0.25) is 5.02 Å². The average Bonchev–Trinajstić information content (AvgIpc) is 2.77. The Morgan fingerprint density at radius 3 is 2.40 bits per heavy atom. The summed E-state index contributed by atoms with van der Waals surface area (Å²) in [6.07, 6.45) is 2.09. The zero-order valence-corrected chi connectivity index (χ0v) is 18.1. The zero-order chi connectivity index (χ0) is 21.3. The predicted octanol–water partition coefficient (Wildman–Crippen LogP) is 6.18. The van der Waals surface area contributed by atoms with Crippen LogP contribution < -0.4 is 14.8 Å². The first-order valence-electron chi connectivity index (χ1n) is 10.1. The van der Waals surface area contributed by atoms with Crippen molar-refractivity contribution in [3.05, 3.63) is 94.3 Å². The molecule has 0 aliphatic carbocycles. The van der Waals surface area contributed by atoms with Crippen LogP contribution in [0.5, 0.6) is 11.5 Å². The molecule has 30 heavy (non-hydrogen) atoms. The fraction of sp³-hybridized carbons (Fsp3) is 0.280. The Labute approximate surface area is 182 Å². The number of benzene rings is 3. The number of nitrogens with one attached hydrogen (secondary N) is 1. The highest BCUT2D eigenvalue weighted by Crippen LogP contribution is 2.37. The molecule has 3 rings (SSSR count). The molecular formula is C25H27ClFNO2. The van der Waals surface area contributed by atoms with Crippen LogP contribution in [0.4, 0.5) is 4.39 Å². The van der Waals surface area contributed by atoms with Gasteiger partial charge in [-0.1, -0.05) is 54.1 Å². The summed E-state index contributed by atoms with van der Waals surface area (Å²) in [6, 6.07) is 20.9. The molecular weight excluding hydrogens is 401 g/mol. The molecule has 0 radical (unpaired) electrons. The minimum Gasteiger partial charge on any atom is -0.493 e. The summed E-state index contributed by atoms with van der Waals surface area (Å²) in [5.41, 5.74) is 3.23. The number of hydrogen-bond acceptors (Lipinski definition) is 3. The van der Waals surface area contributed by atoms with Crippen molar-refractivity contribution in [2.45, 2.75) is 39.0 Å². The summed E-state index contributed by atoms with van der Waals surface area (Å²) in [5, 5.41) is 4.03. The van der Waals surface area contributed by atoms with Gasteiger partial charge in [0.15, 0.2) is 11.5 Å². The van der Waals surface area contributed by atoms with E-state index in [0.29, 0.717) is 29.1 Å². The van der Waals surface area contributed by atoms with E-state index in [2.05, 4.69) is 36.5 Å². The Kier molecular flexibility index (Phi) is 8.12. The van der Waals surface area contributed by atoms with E-state index in [9.17, 15) is 4.39 Å². The maximum Gasteiger partial charge on any atom is 0.180 e. The molecule has 0 aliphatic rings. The van der Waals surface area contributed by atoms with Crippen molar-refractivity contribution in [3.8, 4) is 11.5 Å². The summed E-state index contributed by atoms with van der Waals surface area (Å²) in [5.74, 6) is 0.798. The van der Waals surface area contributed by atoms with E-state index in [1.165, 1.54) is 17.7 Å². The number of rotatable bonds is 10. The molecule has 5 heteroatoms. The van der Waals surface area contributed by atoms with Crippen molar-refractivity contribution in [3.63, 3.8) is 0 Å². The van der Waals surface area contributed by atoms with E-state index in [1.54, 1.807) is 19.2 Å². The first-order valence-corrected chi connectivity index (χ1v) is 10.4. The Hall–Kier alpha value is -2.56. The molecule has 0 spiro atoms. The Balaban J connectivity index is 1.56. The van der Waals surface area contributed by atoms with E-state index in [-0.39, 0.29) is 12.4 Å². The largest absolute Gasteiger partial charge is 0.493 e. The number of hydrogen-bond donors (Lipinski definition) is 1. The topological polar surface area (TPSA) is 30.5 Å². The molecule has 3 nitrogen and oxygen atoms in total. The maximum absolute atomic E-state index is 13.1. The predicted molar refractivity (Wildman–Crippen MR) is 120 cm³/mol.